The van der Waals surface area contributed by atoms with Crippen LogP contribution >= 0.6 is 0 Å². The molecule has 1 saturated heterocycles. The van der Waals surface area contributed by atoms with E-state index in [-0.39, 0.29) is 10.8 Å². The van der Waals surface area contributed by atoms with E-state index in [2.05, 4.69) is 0 Å². The van der Waals surface area contributed by atoms with Crippen molar-refractivity contribution in [3.8, 4) is 0 Å². The second-order valence-corrected chi connectivity index (χ2v) is 5.48. The summed E-state index contributed by atoms with van der Waals surface area (Å²) in [5.41, 5.74) is 0.587. The van der Waals surface area contributed by atoms with Crippen LogP contribution < -0.4 is 15.6 Å². The van der Waals surface area contributed by atoms with Crippen molar-refractivity contribution in [2.75, 3.05) is 11.4 Å². The van der Waals surface area contributed by atoms with Crippen LogP contribution in [-0.4, -0.2) is 20.9 Å². The summed E-state index contributed by atoms with van der Waals surface area (Å²) in [4.78, 5) is 14.9. The fraction of sp³-hybridized carbons (Fsp3) is 0.300. The average molecular weight is 255 g/mol. The van der Waals surface area contributed by atoms with Crippen LogP contribution in [0.3, 0.4) is 0 Å². The van der Waals surface area contributed by atoms with Gasteiger partial charge in [-0.3, -0.25) is 10.6 Å². The predicted molar refractivity (Wildman–Crippen MR) is 62.5 cm³/mol. The zero-order chi connectivity index (χ0) is 12.5. The number of hydrogen-bond acceptors (Lipinski definition) is 4. The third-order valence-corrected chi connectivity index (χ3v) is 3.85. The first kappa shape index (κ1) is 12.0. The van der Waals surface area contributed by atoms with Gasteiger partial charge in [-0.15, -0.1) is 0 Å². The zero-order valence-electron chi connectivity index (χ0n) is 9.09. The lowest BCUT2D eigenvalue weighted by atomic mass is 10.3. The smallest absolute Gasteiger partial charge is 0.253 e. The average Bonchev–Trinajstić information content (AvgIpc) is 2.76. The van der Waals surface area contributed by atoms with Crippen LogP contribution in [0.4, 0.5) is 5.69 Å². The predicted octanol–water partition coefficient (Wildman–Crippen LogP) is -0.0346. The van der Waals surface area contributed by atoms with Gasteiger partial charge in [0.15, 0.2) is 0 Å². The number of carbonyl (C=O) groups excluding carboxylic acids is 1. The molecule has 17 heavy (non-hydrogen) atoms. The highest BCUT2D eigenvalue weighted by Gasteiger charge is 2.23. The molecular weight excluding hydrogens is 242 g/mol. The van der Waals surface area contributed by atoms with E-state index in [1.54, 1.807) is 21.9 Å². The number of sulfonamides is 1. The first-order valence-corrected chi connectivity index (χ1v) is 6.66. The Balaban J connectivity index is 2.38. The van der Waals surface area contributed by atoms with Crippen LogP contribution in [0.25, 0.3) is 0 Å². The second kappa shape index (κ2) is 4.44. The number of hydrogen-bond donors (Lipinski definition) is 2. The molecule has 1 aromatic rings. The molecule has 0 saturated carbocycles. The molecule has 0 atom stereocenters. The third-order valence-electron chi connectivity index (χ3n) is 2.67. The number of amides is 1. The Morgan fingerprint density at radius 1 is 1.35 bits per heavy atom. The fourth-order valence-electron chi connectivity index (χ4n) is 1.81. The van der Waals surface area contributed by atoms with Crippen LogP contribution in [-0.2, 0) is 14.8 Å². The Morgan fingerprint density at radius 3 is 2.71 bits per heavy atom. The van der Waals surface area contributed by atoms with Crippen molar-refractivity contribution in [3.63, 3.8) is 0 Å². The number of hydrazine groups is 1. The van der Waals surface area contributed by atoms with E-state index >= 15 is 0 Å². The van der Waals surface area contributed by atoms with Gasteiger partial charge in [0, 0.05) is 18.7 Å². The lowest BCUT2D eigenvalue weighted by Crippen LogP contribution is -2.30. The van der Waals surface area contributed by atoms with E-state index in [0.29, 0.717) is 18.7 Å². The number of anilines is 1. The molecule has 1 aliphatic heterocycles. The summed E-state index contributed by atoms with van der Waals surface area (Å²) in [7, 11) is -3.68. The molecule has 1 aliphatic rings. The topological polar surface area (TPSA) is 92.5 Å². The van der Waals surface area contributed by atoms with Crippen LogP contribution in [0.2, 0.25) is 0 Å². The lowest BCUT2D eigenvalue weighted by Gasteiger charge is -2.16. The van der Waals surface area contributed by atoms with Crippen molar-refractivity contribution < 1.29 is 13.2 Å². The normalized spacial score (nSPS) is 16.5. The van der Waals surface area contributed by atoms with Gasteiger partial charge in [-0.1, -0.05) is 6.07 Å². The first-order valence-electron chi connectivity index (χ1n) is 5.17. The SMILES string of the molecule is NNS(=O)(=O)c1cccc(N2CCCC2=O)c1. The molecule has 3 N–H and O–H groups in total. The Hall–Kier alpha value is -1.44. The quantitative estimate of drug-likeness (QED) is 0.585. The van der Waals surface area contributed by atoms with Gasteiger partial charge in [0.05, 0.1) is 4.90 Å². The lowest BCUT2D eigenvalue weighted by molar-refractivity contribution is -0.117. The Morgan fingerprint density at radius 2 is 2.12 bits per heavy atom. The van der Waals surface area contributed by atoms with Gasteiger partial charge in [-0.25, -0.2) is 8.42 Å². The molecule has 0 unspecified atom stereocenters. The molecule has 1 fully saturated rings. The van der Waals surface area contributed by atoms with Crippen molar-refractivity contribution in [1.29, 1.82) is 0 Å². The second-order valence-electron chi connectivity index (χ2n) is 3.77. The highest BCUT2D eigenvalue weighted by atomic mass is 32.2. The maximum Gasteiger partial charge on any atom is 0.253 e. The molecule has 6 nitrogen and oxygen atoms in total. The minimum Gasteiger partial charge on any atom is -0.312 e. The maximum absolute atomic E-state index is 11.5. The summed E-state index contributed by atoms with van der Waals surface area (Å²) in [6.45, 7) is 0.623. The molecule has 0 aliphatic carbocycles. The standard InChI is InChI=1S/C10H13N3O3S/c11-12-17(15,16)9-4-1-3-8(7-9)13-6-2-5-10(13)14/h1,3-4,7,12H,2,5-6,11H2. The molecule has 0 radical (unpaired) electrons. The van der Waals surface area contributed by atoms with Crippen LogP contribution in [0, 0.1) is 0 Å². The zero-order valence-corrected chi connectivity index (χ0v) is 9.90. The molecular formula is C10H13N3O3S. The molecule has 2 rings (SSSR count). The maximum atomic E-state index is 11.5. The molecule has 0 aromatic heterocycles. The van der Waals surface area contributed by atoms with Gasteiger partial charge in [-0.05, 0) is 24.6 Å². The van der Waals surface area contributed by atoms with E-state index in [4.69, 9.17) is 5.84 Å². The highest BCUT2D eigenvalue weighted by molar-refractivity contribution is 7.89. The van der Waals surface area contributed by atoms with Crippen molar-refractivity contribution in [2.45, 2.75) is 17.7 Å². The summed E-state index contributed by atoms with van der Waals surface area (Å²) in [6.07, 6.45) is 1.30. The van der Waals surface area contributed by atoms with Crippen molar-refractivity contribution in [3.05, 3.63) is 24.3 Å². The Labute approximate surface area is 99.4 Å². The Bertz CT molecular complexity index is 541. The highest BCUT2D eigenvalue weighted by Crippen LogP contribution is 2.23. The molecule has 0 spiro atoms. The summed E-state index contributed by atoms with van der Waals surface area (Å²) in [5.74, 6) is 4.96. The van der Waals surface area contributed by atoms with Crippen molar-refractivity contribution in [2.24, 2.45) is 5.84 Å². The van der Waals surface area contributed by atoms with Gasteiger partial charge in [0.2, 0.25) is 5.91 Å². The van der Waals surface area contributed by atoms with Gasteiger partial charge >= 0.3 is 0 Å². The summed E-state index contributed by atoms with van der Waals surface area (Å²) >= 11 is 0. The number of rotatable bonds is 3. The summed E-state index contributed by atoms with van der Waals surface area (Å²) < 4.78 is 23.0. The van der Waals surface area contributed by atoms with E-state index in [1.807, 2.05) is 0 Å². The number of carbonyl (C=O) groups is 1. The van der Waals surface area contributed by atoms with Gasteiger partial charge in [0.1, 0.15) is 0 Å². The fourth-order valence-corrected chi connectivity index (χ4v) is 2.48. The molecule has 1 heterocycles. The Kier molecular flexibility index (Phi) is 3.14. The van der Waals surface area contributed by atoms with E-state index in [9.17, 15) is 13.2 Å². The minimum absolute atomic E-state index is 0.0141. The molecule has 0 bridgehead atoms. The van der Waals surface area contributed by atoms with Gasteiger partial charge in [-0.2, -0.15) is 4.83 Å². The van der Waals surface area contributed by atoms with Crippen LogP contribution in [0.5, 0.6) is 0 Å². The molecule has 1 aromatic carbocycles. The van der Waals surface area contributed by atoms with Gasteiger partial charge < -0.3 is 4.90 Å². The van der Waals surface area contributed by atoms with Crippen LogP contribution in [0.15, 0.2) is 29.2 Å². The number of benzene rings is 1. The molecule has 1 amide bonds. The number of nitrogens with two attached hydrogens (primary N) is 1. The minimum atomic E-state index is -3.68. The van der Waals surface area contributed by atoms with Crippen molar-refractivity contribution in [1.82, 2.24) is 4.83 Å². The summed E-state index contributed by atoms with van der Waals surface area (Å²) in [5, 5.41) is 0. The molecule has 92 valence electrons. The largest absolute Gasteiger partial charge is 0.312 e. The summed E-state index contributed by atoms with van der Waals surface area (Å²) in [6, 6.07) is 6.17. The molecule has 7 heteroatoms. The van der Waals surface area contributed by atoms with Crippen LogP contribution in [0.1, 0.15) is 12.8 Å². The van der Waals surface area contributed by atoms with Gasteiger partial charge in [0.25, 0.3) is 10.0 Å². The van der Waals surface area contributed by atoms with E-state index in [1.165, 1.54) is 12.1 Å². The number of nitrogens with one attached hydrogen (secondary N) is 1. The number of nitrogens with zero attached hydrogens (tertiary/aromatic N) is 1. The monoisotopic (exact) mass is 255 g/mol. The van der Waals surface area contributed by atoms with Crippen molar-refractivity contribution >= 4 is 21.6 Å². The van der Waals surface area contributed by atoms with E-state index in [0.717, 1.165) is 6.42 Å². The first-order chi connectivity index (χ1) is 8.04. The third kappa shape index (κ3) is 2.31. The van der Waals surface area contributed by atoms with E-state index < -0.39 is 10.0 Å².